The molecule has 1 aliphatic heterocycles. The molecule has 1 aromatic carbocycles. The average molecular weight is 328 g/mol. The Morgan fingerprint density at radius 3 is 2.88 bits per heavy atom. The van der Waals surface area contributed by atoms with E-state index in [0.29, 0.717) is 18.9 Å². The molecule has 1 aromatic heterocycles. The van der Waals surface area contributed by atoms with Gasteiger partial charge < -0.3 is 20.5 Å². The lowest BCUT2D eigenvalue weighted by Gasteiger charge is -2.05. The van der Waals surface area contributed by atoms with Gasteiger partial charge in [0, 0.05) is 18.7 Å². The normalized spacial score (nSPS) is 13.5. The largest absolute Gasteiger partial charge is 0.368 e. The van der Waals surface area contributed by atoms with Gasteiger partial charge in [0.1, 0.15) is 5.84 Å². The lowest BCUT2D eigenvalue weighted by molar-refractivity contribution is 0.0910. The summed E-state index contributed by atoms with van der Waals surface area (Å²) < 4.78 is 4.92. The van der Waals surface area contributed by atoms with Crippen LogP contribution in [-0.4, -0.2) is 48.6 Å². The van der Waals surface area contributed by atoms with E-state index >= 15 is 0 Å². The van der Waals surface area contributed by atoms with E-state index in [9.17, 15) is 4.79 Å². The number of hydrogen-bond donors (Lipinski definition) is 3. The molecule has 0 spiro atoms. The van der Waals surface area contributed by atoms with Gasteiger partial charge in [0.2, 0.25) is 0 Å². The molecule has 0 unspecified atom stereocenters. The van der Waals surface area contributed by atoms with E-state index in [0.717, 1.165) is 36.5 Å². The highest BCUT2D eigenvalue weighted by atomic mass is 16.5. The molecule has 3 rings (SSSR count). The summed E-state index contributed by atoms with van der Waals surface area (Å²) in [4.78, 5) is 20.3. The van der Waals surface area contributed by atoms with E-state index in [1.165, 1.54) is 0 Å². The fourth-order valence-electron chi connectivity index (χ4n) is 2.39. The van der Waals surface area contributed by atoms with Crippen LogP contribution in [-0.2, 0) is 13.0 Å². The van der Waals surface area contributed by atoms with Crippen molar-refractivity contribution in [3.63, 3.8) is 0 Å². The highest BCUT2D eigenvalue weighted by molar-refractivity contribution is 5.99. The van der Waals surface area contributed by atoms with E-state index in [4.69, 9.17) is 4.52 Å². The number of amides is 1. The molecule has 8 nitrogen and oxygen atoms in total. The van der Waals surface area contributed by atoms with Gasteiger partial charge in [-0.15, -0.1) is 0 Å². The predicted molar refractivity (Wildman–Crippen MR) is 88.9 cm³/mol. The Morgan fingerprint density at radius 2 is 2.17 bits per heavy atom. The number of carbonyl (C=O) groups is 1. The molecule has 0 saturated heterocycles. The van der Waals surface area contributed by atoms with Crippen LogP contribution >= 0.6 is 0 Å². The van der Waals surface area contributed by atoms with Crippen molar-refractivity contribution >= 4 is 11.7 Å². The van der Waals surface area contributed by atoms with Crippen LogP contribution in [0.4, 0.5) is 0 Å². The maximum atomic E-state index is 11.9. The summed E-state index contributed by atoms with van der Waals surface area (Å²) in [5, 5.41) is 12.6. The van der Waals surface area contributed by atoms with Crippen LogP contribution in [0, 0.1) is 0 Å². The number of rotatable bonds is 7. The molecule has 1 aliphatic rings. The second-order valence-corrected chi connectivity index (χ2v) is 5.41. The van der Waals surface area contributed by atoms with Crippen molar-refractivity contribution in [3.8, 4) is 0 Å². The summed E-state index contributed by atoms with van der Waals surface area (Å²) in [6.45, 7) is 2.69. The SMILES string of the molecule is CNCc1noc(C(=O)NCCc2ccc(C3=NCCN3)cc2)n1. The Labute approximate surface area is 139 Å². The van der Waals surface area contributed by atoms with Gasteiger partial charge in [-0.1, -0.05) is 29.4 Å². The van der Waals surface area contributed by atoms with E-state index < -0.39 is 0 Å². The number of nitrogens with one attached hydrogen (secondary N) is 3. The molecule has 3 N–H and O–H groups in total. The van der Waals surface area contributed by atoms with E-state index in [1.807, 2.05) is 24.3 Å². The number of amidine groups is 1. The molecule has 0 radical (unpaired) electrons. The Hall–Kier alpha value is -2.74. The Bertz CT molecular complexity index is 722. The predicted octanol–water partition coefficient (Wildman–Crippen LogP) is 0.111. The molecular formula is C16H20N6O2. The molecule has 2 heterocycles. The van der Waals surface area contributed by atoms with Crippen LogP contribution in [0.3, 0.4) is 0 Å². The van der Waals surface area contributed by atoms with Gasteiger partial charge in [-0.2, -0.15) is 4.98 Å². The molecule has 0 saturated carbocycles. The summed E-state index contributed by atoms with van der Waals surface area (Å²) in [5.41, 5.74) is 2.22. The summed E-state index contributed by atoms with van der Waals surface area (Å²) in [6.07, 6.45) is 0.726. The highest BCUT2D eigenvalue weighted by Gasteiger charge is 2.14. The van der Waals surface area contributed by atoms with Crippen LogP contribution < -0.4 is 16.0 Å². The second-order valence-electron chi connectivity index (χ2n) is 5.41. The summed E-state index contributed by atoms with van der Waals surface area (Å²) >= 11 is 0. The Morgan fingerprint density at radius 1 is 1.33 bits per heavy atom. The third-order valence-electron chi connectivity index (χ3n) is 3.60. The van der Waals surface area contributed by atoms with Gasteiger partial charge in [0.05, 0.1) is 13.1 Å². The van der Waals surface area contributed by atoms with Crippen LogP contribution in [0.15, 0.2) is 33.8 Å². The minimum Gasteiger partial charge on any atom is -0.368 e. The van der Waals surface area contributed by atoms with Gasteiger partial charge in [0.15, 0.2) is 5.82 Å². The zero-order valence-corrected chi connectivity index (χ0v) is 13.5. The molecule has 1 amide bonds. The van der Waals surface area contributed by atoms with Crippen molar-refractivity contribution in [1.82, 2.24) is 26.1 Å². The molecule has 2 aromatic rings. The van der Waals surface area contributed by atoms with Crippen LogP contribution in [0.5, 0.6) is 0 Å². The van der Waals surface area contributed by atoms with E-state index in [1.54, 1.807) is 7.05 Å². The summed E-state index contributed by atoms with van der Waals surface area (Å²) in [5.74, 6) is 1.04. The average Bonchev–Trinajstić information content (AvgIpc) is 3.27. The van der Waals surface area contributed by atoms with Crippen LogP contribution in [0.2, 0.25) is 0 Å². The fraction of sp³-hybridized carbons (Fsp3) is 0.375. The van der Waals surface area contributed by atoms with Crippen molar-refractivity contribution in [1.29, 1.82) is 0 Å². The smallest absolute Gasteiger partial charge is 0.315 e. The number of carbonyl (C=O) groups excluding carboxylic acids is 1. The fourth-order valence-corrected chi connectivity index (χ4v) is 2.39. The number of nitrogens with zero attached hydrogens (tertiary/aromatic N) is 3. The second kappa shape index (κ2) is 7.69. The molecule has 0 aliphatic carbocycles. The van der Waals surface area contributed by atoms with Gasteiger partial charge in [-0.05, 0) is 19.0 Å². The van der Waals surface area contributed by atoms with Crippen LogP contribution in [0.1, 0.15) is 27.6 Å². The minimum atomic E-state index is -0.356. The number of benzene rings is 1. The molecular weight excluding hydrogens is 308 g/mol. The molecule has 24 heavy (non-hydrogen) atoms. The van der Waals surface area contributed by atoms with Crippen molar-refractivity contribution in [2.75, 3.05) is 26.7 Å². The van der Waals surface area contributed by atoms with Crippen molar-refractivity contribution in [3.05, 3.63) is 47.1 Å². The first-order chi connectivity index (χ1) is 11.8. The summed E-state index contributed by atoms with van der Waals surface area (Å²) in [6, 6.07) is 8.16. The molecule has 8 heteroatoms. The first-order valence-corrected chi connectivity index (χ1v) is 7.89. The van der Waals surface area contributed by atoms with Crippen LogP contribution in [0.25, 0.3) is 0 Å². The third-order valence-corrected chi connectivity index (χ3v) is 3.60. The number of hydrogen-bond acceptors (Lipinski definition) is 7. The van der Waals surface area contributed by atoms with Crippen molar-refractivity contribution in [2.45, 2.75) is 13.0 Å². The van der Waals surface area contributed by atoms with Gasteiger partial charge in [-0.3, -0.25) is 9.79 Å². The first-order valence-electron chi connectivity index (χ1n) is 7.89. The zero-order valence-electron chi connectivity index (χ0n) is 13.5. The first kappa shape index (κ1) is 16.1. The Kier molecular flexibility index (Phi) is 5.17. The third kappa shape index (κ3) is 3.96. The molecule has 0 atom stereocenters. The van der Waals surface area contributed by atoms with Crippen molar-refractivity contribution in [2.24, 2.45) is 4.99 Å². The van der Waals surface area contributed by atoms with Crippen molar-refractivity contribution < 1.29 is 9.32 Å². The molecule has 0 bridgehead atoms. The lowest BCUT2D eigenvalue weighted by atomic mass is 10.1. The number of aliphatic imine (C=N–C) groups is 1. The Balaban J connectivity index is 1.47. The molecule has 0 fully saturated rings. The quantitative estimate of drug-likeness (QED) is 0.666. The lowest BCUT2D eigenvalue weighted by Crippen LogP contribution is -2.26. The maximum absolute atomic E-state index is 11.9. The standard InChI is InChI=1S/C16H20N6O2/c1-17-10-13-21-16(24-22-13)15(23)20-7-6-11-2-4-12(5-3-11)14-18-8-9-19-14/h2-5,17H,6-10H2,1H3,(H,18,19)(H,20,23). The summed E-state index contributed by atoms with van der Waals surface area (Å²) in [7, 11) is 1.77. The monoisotopic (exact) mass is 328 g/mol. The topological polar surface area (TPSA) is 104 Å². The van der Waals surface area contributed by atoms with Gasteiger partial charge in [-0.25, -0.2) is 0 Å². The van der Waals surface area contributed by atoms with Gasteiger partial charge in [0.25, 0.3) is 0 Å². The van der Waals surface area contributed by atoms with E-state index in [-0.39, 0.29) is 11.8 Å². The van der Waals surface area contributed by atoms with E-state index in [2.05, 4.69) is 31.1 Å². The molecule has 126 valence electrons. The number of aromatic nitrogens is 2. The maximum Gasteiger partial charge on any atom is 0.315 e. The van der Waals surface area contributed by atoms with Gasteiger partial charge >= 0.3 is 11.8 Å². The zero-order chi connectivity index (χ0) is 16.8. The highest BCUT2D eigenvalue weighted by Crippen LogP contribution is 2.07. The minimum absolute atomic E-state index is 0.0130.